The Kier molecular flexibility index (Phi) is 64.2. The molecule has 15 heteroatoms. The number of carbonyl (C=O) groups is 5. The van der Waals surface area contributed by atoms with Crippen LogP contribution < -0.4 is 47.4 Å². The van der Waals surface area contributed by atoms with Gasteiger partial charge in [0.2, 0.25) is 5.24 Å². The van der Waals surface area contributed by atoms with Gasteiger partial charge in [-0.2, -0.15) is 0 Å². The Bertz CT molecular complexity index is 2700. The van der Waals surface area contributed by atoms with E-state index in [0.29, 0.717) is 80.5 Å². The van der Waals surface area contributed by atoms with Crippen molar-refractivity contribution in [2.75, 3.05) is 103 Å². The summed E-state index contributed by atoms with van der Waals surface area (Å²) in [5.41, 5.74) is 23.5. The number of nitrogen functional groups attached to an aromatic ring is 1. The molecule has 0 aliphatic heterocycles. The van der Waals surface area contributed by atoms with Gasteiger partial charge in [0.1, 0.15) is 23.1 Å². The molecule has 0 fully saturated rings. The van der Waals surface area contributed by atoms with Crippen LogP contribution in [0.3, 0.4) is 0 Å². The number of quaternary nitrogens is 2. The van der Waals surface area contributed by atoms with Crippen LogP contribution in [0.5, 0.6) is 0 Å². The molecule has 0 aromatic heterocycles. The first-order valence-electron chi connectivity index (χ1n) is 34.1. The maximum Gasteiger partial charge on any atom is 0.222 e. The van der Waals surface area contributed by atoms with Crippen LogP contribution >= 0.6 is 34.8 Å². The molecule has 0 saturated heterocycles. The highest BCUT2D eigenvalue weighted by atomic mass is 127. The number of hydrogen-bond donors (Lipinski definition) is 2. The van der Waals surface area contributed by atoms with E-state index in [1.807, 2.05) is 64.1 Å². The fraction of sp³-hybridized carbons (Fsp3) is 0.568. The minimum Gasteiger partial charge on any atom is -1.00 e. The van der Waals surface area contributed by atoms with Gasteiger partial charge in [0.05, 0.1) is 65.2 Å². The largest absolute Gasteiger partial charge is 1.00 e. The van der Waals surface area contributed by atoms with E-state index in [2.05, 4.69) is 176 Å². The third-order valence-electron chi connectivity index (χ3n) is 18.1. The summed E-state index contributed by atoms with van der Waals surface area (Å²) >= 11 is 15.5. The number of Topliss-reactive ketones (excluding diaryl/α,β-unsaturated/α-hetero) is 4. The summed E-state index contributed by atoms with van der Waals surface area (Å²) in [5.74, 6) is 2.06. The van der Waals surface area contributed by atoms with Crippen LogP contribution in [0.15, 0.2) is 91.0 Å². The summed E-state index contributed by atoms with van der Waals surface area (Å²) in [7, 11) is 0. The SMILES string of the molecule is C.C.CCN(CC)CCC(=O)Cc1c(C)cccc1C.CCNCC.CC[N+](CC)(CC)CCC(=O)Cc1c(C)cccc1C.CC[N+](CC)(CC)CCC(=O)Cc1c(C)cccc1C.Cc1cccc(C)c1CC(=O)CCCl.Cc1cccc(C)c1N.O=C(Cl)CCCl.[Cl-].[I-]. The van der Waals surface area contributed by atoms with Crippen molar-refractivity contribution in [3.8, 4) is 0 Å². The first-order chi connectivity index (χ1) is 43.6. The summed E-state index contributed by atoms with van der Waals surface area (Å²) in [6.07, 6.45) is 5.08. The van der Waals surface area contributed by atoms with Crippen molar-refractivity contribution in [3.05, 3.63) is 169 Å². The van der Waals surface area contributed by atoms with Crippen LogP contribution in [-0.4, -0.2) is 139 Å². The highest BCUT2D eigenvalue weighted by molar-refractivity contribution is 6.63. The second kappa shape index (κ2) is 59.8. The lowest BCUT2D eigenvalue weighted by Crippen LogP contribution is -3.00. The van der Waals surface area contributed by atoms with Gasteiger partial charge in [-0.1, -0.05) is 134 Å². The third kappa shape index (κ3) is 42.8. The molecule has 96 heavy (non-hydrogen) atoms. The number of alkyl halides is 2. The number of anilines is 1. The Morgan fingerprint density at radius 3 is 0.802 bits per heavy atom. The predicted molar refractivity (Wildman–Crippen MR) is 413 cm³/mol. The molecule has 0 heterocycles. The average Bonchev–Trinajstić information content (AvgIpc) is 3.38. The van der Waals surface area contributed by atoms with E-state index in [4.69, 9.17) is 40.5 Å². The quantitative estimate of drug-likeness (QED) is 0.0148. The van der Waals surface area contributed by atoms with E-state index in [9.17, 15) is 24.0 Å². The lowest BCUT2D eigenvalue weighted by Gasteiger charge is -2.35. The Balaban J connectivity index is -0.000000254. The van der Waals surface area contributed by atoms with E-state index in [1.165, 1.54) is 61.2 Å². The van der Waals surface area contributed by atoms with Crippen molar-refractivity contribution < 1.29 is 69.3 Å². The number of aryl methyl sites for hydroxylation is 10. The zero-order valence-corrected chi connectivity index (χ0v) is 67.2. The standard InChI is InChI=1S/2C18H30NO.C16H25NO.C12H15ClO.C8H11N.C4H11N.C3H4Cl2O.2CH4.ClH.HI/c2*1-6-19(7-2,8-3)13-12-17(20)14-18-15(4)10-9-11-16(18)5;1-5-17(6-2)11-10-15(18)12-16-13(3)8-7-9-14(16)4;1-9-4-3-5-10(2)12(9)8-11(14)6-7-13;1-6-4-3-5-7(2)8(6)9;1-3-5-4-2;4-2-1-3(5)6;;;;/h2*9-11H,6-8,12-14H2,1-5H3;7-9H,5-6,10-12H2,1-4H3;3-5H,6-8H2,1-2H3;3-5H,9H2,1-2H3;5H,3-4H2,1-2H3;1-2H2;2*1H4;2*1H/q2*+1;;;;;;;;;/p-2. The molecule has 5 rings (SSSR count). The summed E-state index contributed by atoms with van der Waals surface area (Å²) in [6.45, 7) is 56.3. The van der Waals surface area contributed by atoms with Crippen LogP contribution in [0.1, 0.15) is 194 Å². The molecule has 0 atom stereocenters. The van der Waals surface area contributed by atoms with Crippen molar-refractivity contribution in [2.45, 2.75) is 211 Å². The molecule has 5 aromatic rings. The fourth-order valence-electron chi connectivity index (χ4n) is 10.7. The van der Waals surface area contributed by atoms with Crippen molar-refractivity contribution in [1.82, 2.24) is 10.2 Å². The van der Waals surface area contributed by atoms with Crippen molar-refractivity contribution in [3.63, 3.8) is 0 Å². The van der Waals surface area contributed by atoms with Gasteiger partial charge in [-0.05, 0) is 226 Å². The predicted octanol–water partition coefficient (Wildman–Crippen LogP) is 12.7. The molecule has 3 N–H and O–H groups in total. The number of benzene rings is 5. The number of halogens is 5. The maximum absolute atomic E-state index is 12.3. The number of hydrogen-bond acceptors (Lipinski definition) is 8. The van der Waals surface area contributed by atoms with Crippen molar-refractivity contribution >= 4 is 68.9 Å². The minimum absolute atomic E-state index is 0. The zero-order valence-electron chi connectivity index (χ0n) is 62.0. The van der Waals surface area contributed by atoms with Crippen LogP contribution in [0, 0.1) is 69.2 Å². The molecule has 0 saturated carbocycles. The van der Waals surface area contributed by atoms with Gasteiger partial charge in [0, 0.05) is 68.9 Å². The summed E-state index contributed by atoms with van der Waals surface area (Å²) < 4.78 is 2.11. The molecular formula is C81H134Cl4IN5O5. The van der Waals surface area contributed by atoms with Gasteiger partial charge in [0.15, 0.2) is 0 Å². The van der Waals surface area contributed by atoms with Gasteiger partial charge in [-0.15, -0.1) is 23.2 Å². The second-order valence-electron chi connectivity index (χ2n) is 24.1. The Morgan fingerprint density at radius 1 is 0.396 bits per heavy atom. The Morgan fingerprint density at radius 2 is 0.625 bits per heavy atom. The number of carbonyl (C=O) groups excluding carboxylic acids is 5. The van der Waals surface area contributed by atoms with Crippen molar-refractivity contribution in [2.24, 2.45) is 0 Å². The molecule has 0 radical (unpaired) electrons. The third-order valence-corrected chi connectivity index (χ3v) is 18.7. The Hall–Kier alpha value is -4.02. The number of nitrogens with one attached hydrogen (secondary N) is 1. The first kappa shape index (κ1) is 103. The molecular weight excluding hydrogens is 1390 g/mol. The fourth-order valence-corrected chi connectivity index (χ4v) is 11.3. The average molecular weight is 1530 g/mol. The van der Waals surface area contributed by atoms with Gasteiger partial charge < -0.3 is 61.3 Å². The summed E-state index contributed by atoms with van der Waals surface area (Å²) in [6, 6.07) is 30.9. The maximum atomic E-state index is 12.3. The summed E-state index contributed by atoms with van der Waals surface area (Å²) in [5, 5.41) is 2.74. The van der Waals surface area contributed by atoms with Gasteiger partial charge in [0.25, 0.3) is 0 Å². The molecule has 0 amide bonds. The number of ketones is 4. The van der Waals surface area contributed by atoms with E-state index in [0.717, 1.165) is 116 Å². The van der Waals surface area contributed by atoms with Gasteiger partial charge in [-0.25, -0.2) is 0 Å². The monoisotopic (exact) mass is 1520 g/mol. The molecule has 548 valence electrons. The van der Waals surface area contributed by atoms with Crippen LogP contribution in [0.25, 0.3) is 0 Å². The first-order valence-corrected chi connectivity index (χ1v) is 35.6. The van der Waals surface area contributed by atoms with Crippen LogP contribution in [0.2, 0.25) is 0 Å². The Labute approximate surface area is 626 Å². The van der Waals surface area contributed by atoms with Gasteiger partial charge in [-0.3, -0.25) is 24.0 Å². The van der Waals surface area contributed by atoms with E-state index < -0.39 is 0 Å². The topological polar surface area (TPSA) is 127 Å². The zero-order chi connectivity index (χ0) is 70.4. The molecule has 5 aromatic carbocycles. The lowest BCUT2D eigenvalue weighted by atomic mass is 9.97. The van der Waals surface area contributed by atoms with Crippen LogP contribution in [0.4, 0.5) is 5.69 Å². The molecule has 0 spiro atoms. The minimum atomic E-state index is -0.370. The molecule has 0 unspecified atom stereocenters. The van der Waals surface area contributed by atoms with Crippen LogP contribution in [-0.2, 0) is 49.7 Å². The molecule has 0 bridgehead atoms. The van der Waals surface area contributed by atoms with E-state index in [1.54, 1.807) is 0 Å². The second-order valence-corrected chi connectivity index (χ2v) is 25.3. The normalized spacial score (nSPS) is 10.2. The molecule has 0 aliphatic rings. The summed E-state index contributed by atoms with van der Waals surface area (Å²) in [4.78, 5) is 60.1. The molecule has 0 aliphatic carbocycles. The lowest BCUT2D eigenvalue weighted by molar-refractivity contribution is -0.922. The highest BCUT2D eigenvalue weighted by Crippen LogP contribution is 2.20. The molecule has 10 nitrogen and oxygen atoms in total. The number of nitrogens with two attached hydrogens (primary N) is 1. The number of rotatable bonds is 31. The number of nitrogens with zero attached hydrogens (tertiary/aromatic N) is 3. The number of para-hydroxylation sites is 1. The van der Waals surface area contributed by atoms with E-state index in [-0.39, 0.29) is 68.7 Å². The highest BCUT2D eigenvalue weighted by Gasteiger charge is 2.24. The van der Waals surface area contributed by atoms with Crippen molar-refractivity contribution in [1.29, 1.82) is 0 Å². The van der Waals surface area contributed by atoms with E-state index >= 15 is 0 Å². The smallest absolute Gasteiger partial charge is 0.222 e. The van der Waals surface area contributed by atoms with Gasteiger partial charge >= 0.3 is 0 Å².